The molecule has 0 unspecified atom stereocenters. The summed E-state index contributed by atoms with van der Waals surface area (Å²) >= 11 is 0. The highest BCUT2D eigenvalue weighted by Crippen LogP contribution is 2.14. The van der Waals surface area contributed by atoms with Crippen LogP contribution in [0, 0.1) is 0 Å². The lowest BCUT2D eigenvalue weighted by molar-refractivity contribution is -0.0145. The summed E-state index contributed by atoms with van der Waals surface area (Å²) in [6.45, 7) is 12.7. The molecule has 2 atom stereocenters. The van der Waals surface area contributed by atoms with Crippen molar-refractivity contribution in [2.75, 3.05) is 72.6 Å². The van der Waals surface area contributed by atoms with E-state index in [9.17, 15) is 4.79 Å². The Labute approximate surface area is 168 Å². The fraction of sp³-hybridized carbons (Fsp3) is 0.947. The van der Waals surface area contributed by atoms with Crippen LogP contribution in [-0.2, 0) is 23.7 Å². The monoisotopic (exact) mass is 406 g/mol. The van der Waals surface area contributed by atoms with Crippen LogP contribution in [0.1, 0.15) is 27.7 Å². The molecule has 1 saturated heterocycles. The van der Waals surface area contributed by atoms with E-state index in [1.807, 2.05) is 27.7 Å². The van der Waals surface area contributed by atoms with Crippen molar-refractivity contribution in [3.63, 3.8) is 0 Å². The van der Waals surface area contributed by atoms with Gasteiger partial charge in [0.1, 0.15) is 5.60 Å². The molecule has 1 aliphatic heterocycles. The normalized spacial score (nSPS) is 20.4. The highest BCUT2D eigenvalue weighted by atomic mass is 16.6. The number of aliphatic hydroxyl groups is 1. The third-order valence-corrected chi connectivity index (χ3v) is 3.95. The van der Waals surface area contributed by atoms with Gasteiger partial charge < -0.3 is 39.0 Å². The van der Waals surface area contributed by atoms with E-state index >= 15 is 0 Å². The molecule has 1 fully saturated rings. The first-order valence-corrected chi connectivity index (χ1v) is 9.98. The molecule has 1 heterocycles. The van der Waals surface area contributed by atoms with Crippen molar-refractivity contribution in [2.45, 2.75) is 45.4 Å². The molecule has 166 valence electrons. The SMILES string of the molecule is C[C@@H]1CN[C@@H](COCCOCCOCCOCCO)CN1C(=O)OC(C)(C)C. The maximum Gasteiger partial charge on any atom is 0.410 e. The Hall–Kier alpha value is -0.970. The van der Waals surface area contributed by atoms with Gasteiger partial charge in [0.05, 0.1) is 59.5 Å². The van der Waals surface area contributed by atoms with E-state index in [0.717, 1.165) is 0 Å². The summed E-state index contributed by atoms with van der Waals surface area (Å²) in [5.41, 5.74) is -0.499. The summed E-state index contributed by atoms with van der Waals surface area (Å²) < 4.78 is 27.0. The van der Waals surface area contributed by atoms with Gasteiger partial charge in [0.15, 0.2) is 0 Å². The molecule has 0 aromatic rings. The predicted molar refractivity (Wildman–Crippen MR) is 105 cm³/mol. The number of carbonyl (C=O) groups is 1. The van der Waals surface area contributed by atoms with Gasteiger partial charge in [0.25, 0.3) is 0 Å². The fourth-order valence-corrected chi connectivity index (χ4v) is 2.57. The van der Waals surface area contributed by atoms with Gasteiger partial charge in [0.2, 0.25) is 0 Å². The van der Waals surface area contributed by atoms with Crippen LogP contribution in [0.4, 0.5) is 4.79 Å². The van der Waals surface area contributed by atoms with Gasteiger partial charge in [0, 0.05) is 25.2 Å². The van der Waals surface area contributed by atoms with E-state index in [2.05, 4.69) is 5.32 Å². The molecule has 0 aliphatic carbocycles. The van der Waals surface area contributed by atoms with E-state index in [1.54, 1.807) is 4.90 Å². The Kier molecular flexibility index (Phi) is 12.6. The van der Waals surface area contributed by atoms with Crippen LogP contribution in [0.3, 0.4) is 0 Å². The van der Waals surface area contributed by atoms with E-state index in [1.165, 1.54) is 0 Å². The van der Waals surface area contributed by atoms with Crippen molar-refractivity contribution in [3.8, 4) is 0 Å². The minimum atomic E-state index is -0.499. The number of hydrogen-bond acceptors (Lipinski definition) is 8. The number of amides is 1. The molecule has 0 aromatic heterocycles. The zero-order valence-corrected chi connectivity index (χ0v) is 17.8. The zero-order valence-electron chi connectivity index (χ0n) is 17.8. The number of aliphatic hydroxyl groups excluding tert-OH is 1. The third kappa shape index (κ3) is 11.8. The van der Waals surface area contributed by atoms with Crippen LogP contribution in [-0.4, -0.2) is 106 Å². The van der Waals surface area contributed by atoms with Crippen LogP contribution >= 0.6 is 0 Å². The van der Waals surface area contributed by atoms with Crippen LogP contribution in [0.15, 0.2) is 0 Å². The molecule has 28 heavy (non-hydrogen) atoms. The smallest absolute Gasteiger partial charge is 0.410 e. The number of carbonyl (C=O) groups excluding carboxylic acids is 1. The first kappa shape index (κ1) is 25.1. The second-order valence-corrected chi connectivity index (χ2v) is 7.72. The molecular formula is C19H38N2O7. The van der Waals surface area contributed by atoms with Crippen molar-refractivity contribution in [1.82, 2.24) is 10.2 Å². The second-order valence-electron chi connectivity index (χ2n) is 7.72. The Morgan fingerprint density at radius 3 is 2.07 bits per heavy atom. The van der Waals surface area contributed by atoms with Crippen LogP contribution in [0.25, 0.3) is 0 Å². The van der Waals surface area contributed by atoms with Gasteiger partial charge >= 0.3 is 6.09 Å². The van der Waals surface area contributed by atoms with Gasteiger partial charge in [-0.15, -0.1) is 0 Å². The standard InChI is InChI=1S/C19H38N2O7/c1-16-13-20-17(14-21(16)18(23)28-19(2,3)4)15-27-12-11-26-10-9-25-8-7-24-6-5-22/h16-17,20,22H,5-15H2,1-4H3/t16-,17-/m1/s1. The van der Waals surface area contributed by atoms with Crippen LogP contribution in [0.5, 0.6) is 0 Å². The highest BCUT2D eigenvalue weighted by molar-refractivity contribution is 5.68. The highest BCUT2D eigenvalue weighted by Gasteiger charge is 2.31. The number of piperazine rings is 1. The van der Waals surface area contributed by atoms with Crippen molar-refractivity contribution < 1.29 is 33.6 Å². The number of nitrogens with zero attached hydrogens (tertiary/aromatic N) is 1. The Morgan fingerprint density at radius 2 is 1.54 bits per heavy atom. The van der Waals surface area contributed by atoms with Crippen molar-refractivity contribution >= 4 is 6.09 Å². The summed E-state index contributed by atoms with van der Waals surface area (Å²) in [4.78, 5) is 14.1. The quantitative estimate of drug-likeness (QED) is 0.430. The summed E-state index contributed by atoms with van der Waals surface area (Å²) in [6.07, 6.45) is -0.281. The average Bonchev–Trinajstić information content (AvgIpc) is 2.62. The van der Waals surface area contributed by atoms with Crippen LogP contribution in [0.2, 0.25) is 0 Å². The van der Waals surface area contributed by atoms with E-state index in [4.69, 9.17) is 28.8 Å². The van der Waals surface area contributed by atoms with Gasteiger partial charge in [-0.2, -0.15) is 0 Å². The lowest BCUT2D eigenvalue weighted by atomic mass is 10.1. The molecule has 0 radical (unpaired) electrons. The molecule has 0 saturated carbocycles. The van der Waals surface area contributed by atoms with E-state index in [-0.39, 0.29) is 24.8 Å². The van der Waals surface area contributed by atoms with Crippen molar-refractivity contribution in [1.29, 1.82) is 0 Å². The molecule has 1 aliphatic rings. The fourth-order valence-electron chi connectivity index (χ4n) is 2.57. The first-order chi connectivity index (χ1) is 13.3. The largest absolute Gasteiger partial charge is 0.444 e. The lowest BCUT2D eigenvalue weighted by Crippen LogP contribution is -2.59. The molecule has 0 aromatic carbocycles. The predicted octanol–water partition coefficient (Wildman–Crippen LogP) is 0.643. The van der Waals surface area contributed by atoms with Gasteiger partial charge in [-0.25, -0.2) is 4.79 Å². The minimum Gasteiger partial charge on any atom is -0.444 e. The van der Waals surface area contributed by atoms with E-state index in [0.29, 0.717) is 65.9 Å². The summed E-state index contributed by atoms with van der Waals surface area (Å²) in [6, 6.07) is 0.162. The molecule has 0 bridgehead atoms. The molecule has 9 nitrogen and oxygen atoms in total. The number of rotatable bonds is 13. The molecule has 9 heteroatoms. The second kappa shape index (κ2) is 14.1. The Morgan fingerprint density at radius 1 is 1.00 bits per heavy atom. The molecule has 1 rings (SSSR count). The van der Waals surface area contributed by atoms with Gasteiger partial charge in [-0.3, -0.25) is 0 Å². The molecular weight excluding hydrogens is 368 g/mol. The number of ether oxygens (including phenoxy) is 5. The summed E-state index contributed by atoms with van der Waals surface area (Å²) in [7, 11) is 0. The minimum absolute atomic E-state index is 0.0253. The Balaban J connectivity index is 2.05. The number of nitrogens with one attached hydrogen (secondary N) is 1. The molecule has 1 amide bonds. The lowest BCUT2D eigenvalue weighted by Gasteiger charge is -2.39. The van der Waals surface area contributed by atoms with Crippen molar-refractivity contribution in [2.24, 2.45) is 0 Å². The maximum absolute atomic E-state index is 12.3. The Bertz CT molecular complexity index is 418. The van der Waals surface area contributed by atoms with Gasteiger partial charge in [-0.05, 0) is 27.7 Å². The molecule has 0 spiro atoms. The van der Waals surface area contributed by atoms with Crippen LogP contribution < -0.4 is 5.32 Å². The third-order valence-electron chi connectivity index (χ3n) is 3.95. The first-order valence-electron chi connectivity index (χ1n) is 9.98. The number of hydrogen-bond donors (Lipinski definition) is 2. The topological polar surface area (TPSA) is 98.7 Å². The van der Waals surface area contributed by atoms with E-state index < -0.39 is 5.60 Å². The van der Waals surface area contributed by atoms with Crippen molar-refractivity contribution in [3.05, 3.63) is 0 Å². The summed E-state index contributed by atoms with van der Waals surface area (Å²) in [5.74, 6) is 0. The maximum atomic E-state index is 12.3. The summed E-state index contributed by atoms with van der Waals surface area (Å²) in [5, 5.41) is 12.0. The average molecular weight is 407 g/mol. The zero-order chi connectivity index (χ0) is 20.8. The molecule has 2 N–H and O–H groups in total. The van der Waals surface area contributed by atoms with Gasteiger partial charge in [-0.1, -0.05) is 0 Å².